The normalized spacial score (nSPS) is 22.7. The number of nitrogens with zero attached hydrogens (tertiary/aromatic N) is 1. The second kappa shape index (κ2) is 6.51. The van der Waals surface area contributed by atoms with Crippen LogP contribution >= 0.6 is 0 Å². The summed E-state index contributed by atoms with van der Waals surface area (Å²) in [6.45, 7) is 6.60. The third-order valence-electron chi connectivity index (χ3n) is 3.90. The first-order chi connectivity index (χ1) is 9.06. The van der Waals surface area contributed by atoms with E-state index in [1.165, 1.54) is 5.56 Å². The van der Waals surface area contributed by atoms with Gasteiger partial charge in [0, 0.05) is 13.1 Å². The molecule has 0 aliphatic carbocycles. The lowest BCUT2D eigenvalue weighted by Crippen LogP contribution is -2.40. The van der Waals surface area contributed by atoms with Crippen molar-refractivity contribution in [3.8, 4) is 0 Å². The molecule has 106 valence electrons. The summed E-state index contributed by atoms with van der Waals surface area (Å²) < 4.78 is 0. The lowest BCUT2D eigenvalue weighted by Gasteiger charge is -2.31. The maximum Gasteiger partial charge on any atom is 0.0916 e. The maximum atomic E-state index is 10.3. The predicted octanol–water partition coefficient (Wildman–Crippen LogP) is 2.30. The molecule has 0 bridgehead atoms. The SMILES string of the molecule is CC(C)c1ccc([C@H](O)CN2CCC[C@H](O)C2)cc1. The van der Waals surface area contributed by atoms with E-state index >= 15 is 0 Å². The van der Waals surface area contributed by atoms with E-state index in [-0.39, 0.29) is 6.10 Å². The molecule has 1 aromatic carbocycles. The Balaban J connectivity index is 1.93. The molecule has 0 amide bonds. The van der Waals surface area contributed by atoms with E-state index in [0.29, 0.717) is 19.0 Å². The Morgan fingerprint density at radius 3 is 2.42 bits per heavy atom. The molecule has 0 unspecified atom stereocenters. The van der Waals surface area contributed by atoms with E-state index in [0.717, 1.165) is 24.9 Å². The predicted molar refractivity (Wildman–Crippen MR) is 77.2 cm³/mol. The summed E-state index contributed by atoms with van der Waals surface area (Å²) in [5.41, 5.74) is 2.26. The largest absolute Gasteiger partial charge is 0.392 e. The molecule has 0 spiro atoms. The van der Waals surface area contributed by atoms with Gasteiger partial charge in [0.25, 0.3) is 0 Å². The highest BCUT2D eigenvalue weighted by Gasteiger charge is 2.20. The van der Waals surface area contributed by atoms with Crippen LogP contribution in [-0.2, 0) is 0 Å². The van der Waals surface area contributed by atoms with Crippen molar-refractivity contribution in [3.63, 3.8) is 0 Å². The van der Waals surface area contributed by atoms with Crippen LogP contribution in [0.5, 0.6) is 0 Å². The molecule has 1 fully saturated rings. The van der Waals surface area contributed by atoms with Gasteiger partial charge in [0.1, 0.15) is 0 Å². The number of hydrogen-bond acceptors (Lipinski definition) is 3. The topological polar surface area (TPSA) is 43.7 Å². The van der Waals surface area contributed by atoms with Crippen molar-refractivity contribution in [1.82, 2.24) is 4.90 Å². The molecule has 19 heavy (non-hydrogen) atoms. The molecule has 1 aliphatic rings. The summed E-state index contributed by atoms with van der Waals surface area (Å²) in [5.74, 6) is 0.517. The van der Waals surface area contributed by atoms with Gasteiger partial charge in [0.15, 0.2) is 0 Å². The first kappa shape index (κ1) is 14.5. The molecule has 1 aliphatic heterocycles. The fourth-order valence-corrected chi connectivity index (χ4v) is 2.65. The fraction of sp³-hybridized carbons (Fsp3) is 0.625. The van der Waals surface area contributed by atoms with Gasteiger partial charge in [-0.05, 0) is 36.4 Å². The second-order valence-electron chi connectivity index (χ2n) is 5.89. The smallest absolute Gasteiger partial charge is 0.0916 e. The Kier molecular flexibility index (Phi) is 4.97. The highest BCUT2D eigenvalue weighted by atomic mass is 16.3. The number of benzene rings is 1. The summed E-state index contributed by atoms with van der Waals surface area (Å²) in [7, 11) is 0. The van der Waals surface area contributed by atoms with Gasteiger partial charge >= 0.3 is 0 Å². The Hall–Kier alpha value is -0.900. The van der Waals surface area contributed by atoms with Crippen LogP contribution in [0.4, 0.5) is 0 Å². The van der Waals surface area contributed by atoms with Crippen molar-refractivity contribution in [2.45, 2.75) is 44.8 Å². The van der Waals surface area contributed by atoms with Crippen LogP contribution in [0, 0.1) is 0 Å². The quantitative estimate of drug-likeness (QED) is 0.876. The van der Waals surface area contributed by atoms with Crippen LogP contribution in [-0.4, -0.2) is 40.9 Å². The zero-order chi connectivity index (χ0) is 13.8. The number of hydrogen-bond donors (Lipinski definition) is 2. The summed E-state index contributed by atoms with van der Waals surface area (Å²) in [6, 6.07) is 8.21. The Bertz CT molecular complexity index is 388. The van der Waals surface area contributed by atoms with Gasteiger partial charge in [-0.1, -0.05) is 38.1 Å². The van der Waals surface area contributed by atoms with Crippen molar-refractivity contribution < 1.29 is 10.2 Å². The minimum atomic E-state index is -0.466. The summed E-state index contributed by atoms with van der Waals surface area (Å²) >= 11 is 0. The molecule has 0 radical (unpaired) electrons. The highest BCUT2D eigenvalue weighted by molar-refractivity contribution is 5.26. The van der Waals surface area contributed by atoms with Crippen LogP contribution in [0.25, 0.3) is 0 Å². The third kappa shape index (κ3) is 4.03. The van der Waals surface area contributed by atoms with E-state index in [9.17, 15) is 10.2 Å². The Morgan fingerprint density at radius 1 is 1.21 bits per heavy atom. The molecule has 2 atom stereocenters. The first-order valence-electron chi connectivity index (χ1n) is 7.24. The third-order valence-corrected chi connectivity index (χ3v) is 3.90. The molecular formula is C16H25NO2. The van der Waals surface area contributed by atoms with Crippen LogP contribution < -0.4 is 0 Å². The zero-order valence-corrected chi connectivity index (χ0v) is 11.9. The number of β-amino-alcohol motifs (C(OH)–C–C–N with tert-alkyl or cyclic N) is 2. The lowest BCUT2D eigenvalue weighted by molar-refractivity contribution is 0.0392. The van der Waals surface area contributed by atoms with Gasteiger partial charge in [0.2, 0.25) is 0 Å². The van der Waals surface area contributed by atoms with Crippen LogP contribution in [0.1, 0.15) is 49.8 Å². The van der Waals surface area contributed by atoms with Crippen LogP contribution in [0.2, 0.25) is 0 Å². The van der Waals surface area contributed by atoms with E-state index in [2.05, 4.69) is 30.9 Å². The number of aliphatic hydroxyl groups excluding tert-OH is 2. The van der Waals surface area contributed by atoms with Crippen molar-refractivity contribution in [3.05, 3.63) is 35.4 Å². The first-order valence-corrected chi connectivity index (χ1v) is 7.24. The van der Waals surface area contributed by atoms with Gasteiger partial charge in [-0.15, -0.1) is 0 Å². The van der Waals surface area contributed by atoms with Gasteiger partial charge in [-0.2, -0.15) is 0 Å². The van der Waals surface area contributed by atoms with Gasteiger partial charge in [-0.25, -0.2) is 0 Å². The zero-order valence-electron chi connectivity index (χ0n) is 11.9. The number of aliphatic hydroxyl groups is 2. The molecule has 1 saturated heterocycles. The van der Waals surface area contributed by atoms with Gasteiger partial charge in [0.05, 0.1) is 12.2 Å². The molecule has 1 heterocycles. The number of rotatable bonds is 4. The average Bonchev–Trinajstić information content (AvgIpc) is 2.39. The minimum absolute atomic E-state index is 0.232. The van der Waals surface area contributed by atoms with E-state index in [4.69, 9.17) is 0 Å². The van der Waals surface area contributed by atoms with Crippen molar-refractivity contribution in [2.75, 3.05) is 19.6 Å². The number of piperidine rings is 1. The molecule has 2 rings (SSSR count). The summed E-state index contributed by atoms with van der Waals surface area (Å²) in [5, 5.41) is 19.9. The molecule has 0 aromatic heterocycles. The van der Waals surface area contributed by atoms with E-state index < -0.39 is 6.10 Å². The van der Waals surface area contributed by atoms with Crippen LogP contribution in [0.15, 0.2) is 24.3 Å². The minimum Gasteiger partial charge on any atom is -0.392 e. The maximum absolute atomic E-state index is 10.3. The molecule has 0 saturated carbocycles. The summed E-state index contributed by atoms with van der Waals surface area (Å²) in [4.78, 5) is 2.15. The number of likely N-dealkylation sites (tertiary alicyclic amines) is 1. The Morgan fingerprint density at radius 2 is 1.84 bits per heavy atom. The van der Waals surface area contributed by atoms with E-state index in [1.54, 1.807) is 0 Å². The Labute approximate surface area is 115 Å². The van der Waals surface area contributed by atoms with Crippen molar-refractivity contribution in [2.24, 2.45) is 0 Å². The standard InChI is InChI=1S/C16H25NO2/c1-12(2)13-5-7-14(8-6-13)16(19)11-17-9-3-4-15(18)10-17/h5-8,12,15-16,18-19H,3-4,9-11H2,1-2H3/t15-,16+/m0/s1. The molecular weight excluding hydrogens is 238 g/mol. The summed E-state index contributed by atoms with van der Waals surface area (Å²) in [6.07, 6.45) is 1.20. The van der Waals surface area contributed by atoms with Gasteiger partial charge < -0.3 is 10.2 Å². The molecule has 1 aromatic rings. The highest BCUT2D eigenvalue weighted by Crippen LogP contribution is 2.20. The fourth-order valence-electron chi connectivity index (χ4n) is 2.65. The second-order valence-corrected chi connectivity index (χ2v) is 5.89. The lowest BCUT2D eigenvalue weighted by atomic mass is 9.99. The molecule has 3 nitrogen and oxygen atoms in total. The van der Waals surface area contributed by atoms with E-state index in [1.807, 2.05) is 12.1 Å². The molecule has 2 N–H and O–H groups in total. The van der Waals surface area contributed by atoms with Gasteiger partial charge in [-0.3, -0.25) is 4.90 Å². The van der Waals surface area contributed by atoms with Crippen LogP contribution in [0.3, 0.4) is 0 Å². The van der Waals surface area contributed by atoms with Crippen molar-refractivity contribution >= 4 is 0 Å². The van der Waals surface area contributed by atoms with Crippen molar-refractivity contribution in [1.29, 1.82) is 0 Å². The molecule has 3 heteroatoms. The monoisotopic (exact) mass is 263 g/mol. The average molecular weight is 263 g/mol.